The number of aliphatic hydroxyl groups is 1. The van der Waals surface area contributed by atoms with Gasteiger partial charge in [-0.3, -0.25) is 42.9 Å². The average Bonchev–Trinajstić information content (AvgIpc) is 4.24. The SMILES string of the molecule is Cc1ccsc1-c1ccc([C@H]2NC(=O)C3C[C@@H](O)CN3C(=O)[C@H](C(C)(C)C)NC(=O)CSC[C@H](C(N)=O)CC(=O)[C@@H](NC(=O)C[C@@H]3C=C(c4ccc(Cl)cc4)c4c(sc(C)c4C)-n4c(C)nnc43)NC(=O)CNC2=O)cc1. The van der Waals surface area contributed by atoms with Crippen LogP contribution in [0.2, 0.25) is 5.02 Å². The molecule has 406 valence electrons. The number of aromatic nitrogens is 3. The molecule has 0 radical (unpaired) electrons. The quantitative estimate of drug-likeness (QED) is 0.117. The number of ketones is 1. The third-order valence-corrected chi connectivity index (χ3v) is 17.5. The predicted molar refractivity (Wildman–Crippen MR) is 295 cm³/mol. The van der Waals surface area contributed by atoms with Crippen molar-refractivity contribution < 1.29 is 43.5 Å². The first-order chi connectivity index (χ1) is 36.5. The Hall–Kier alpha value is -6.72. The third-order valence-electron chi connectivity index (χ3n) is 13.9. The number of nitrogens with two attached hydrogens (primary N) is 1. The fourth-order valence-corrected chi connectivity index (χ4v) is 12.9. The Balaban J connectivity index is 1.11. The number of benzene rings is 2. The van der Waals surface area contributed by atoms with Gasteiger partial charge in [-0.25, -0.2) is 0 Å². The Morgan fingerprint density at radius 2 is 1.60 bits per heavy atom. The van der Waals surface area contributed by atoms with Crippen LogP contribution >= 0.6 is 46.0 Å². The Morgan fingerprint density at radius 1 is 0.896 bits per heavy atom. The number of allylic oxidation sites excluding steroid dienone is 1. The van der Waals surface area contributed by atoms with Crippen molar-refractivity contribution >= 4 is 98.7 Å². The molecule has 0 saturated carbocycles. The van der Waals surface area contributed by atoms with E-state index in [0.717, 1.165) is 59.9 Å². The standard InChI is InChI=1S/C54H61ClN10O9S3/c1-26-16-17-76-45(26)32-10-8-31(9-11-32)44-51(73)57-22-41(69)60-48(39(67)19-34(47(56)71)24-75-25-42(70)58-46(54(5,6)7)52(74)64-23-36(66)21-38(64)50(72)61-44)59-40(68)20-33-18-37(30-12-14-35(55)15-13-30)43-27(2)28(3)77-53(43)65-29(4)62-63-49(33)65/h8-18,33-34,36,38,44,46,48,66H,19-25H2,1-7H3,(H2,56,71)(H,57,73)(H,58,70)(H,59,68)(H,60,69)(H,61,72)/t33-,34+,36+,38?,44+,46+,48-/m0/s1. The van der Waals surface area contributed by atoms with Gasteiger partial charge in [-0.15, -0.1) is 32.9 Å². The molecule has 3 aromatic heterocycles. The highest BCUT2D eigenvalue weighted by molar-refractivity contribution is 7.99. The van der Waals surface area contributed by atoms with Crippen molar-refractivity contribution in [3.8, 4) is 15.4 Å². The van der Waals surface area contributed by atoms with E-state index >= 15 is 0 Å². The van der Waals surface area contributed by atoms with E-state index in [1.54, 1.807) is 68.5 Å². The Labute approximate surface area is 462 Å². The summed E-state index contributed by atoms with van der Waals surface area (Å²) in [5, 5.41) is 36.4. The maximum Gasteiger partial charge on any atom is 0.247 e. The van der Waals surface area contributed by atoms with Crippen molar-refractivity contribution in [3.05, 3.63) is 115 Å². The number of nitrogens with zero attached hydrogens (tertiary/aromatic N) is 4. The number of hydrogen-bond donors (Lipinski definition) is 7. The van der Waals surface area contributed by atoms with Crippen molar-refractivity contribution in [3.63, 3.8) is 0 Å². The summed E-state index contributed by atoms with van der Waals surface area (Å²) >= 11 is 10.4. The topological polar surface area (TPSA) is 277 Å². The van der Waals surface area contributed by atoms with E-state index in [2.05, 4.69) is 36.8 Å². The van der Waals surface area contributed by atoms with Gasteiger partial charge in [0.1, 0.15) is 34.8 Å². The molecular formula is C54H61ClN10O9S3. The predicted octanol–water partition coefficient (Wildman–Crippen LogP) is 4.70. The normalized spacial score (nSPS) is 23.2. The number of amides is 7. The van der Waals surface area contributed by atoms with Gasteiger partial charge in [0.05, 0.1) is 24.3 Å². The maximum absolute atomic E-state index is 14.5. The molecule has 2 saturated heterocycles. The molecule has 0 bridgehead atoms. The van der Waals surface area contributed by atoms with Crippen LogP contribution in [0.3, 0.4) is 0 Å². The first-order valence-corrected chi connectivity index (χ1v) is 28.2. The van der Waals surface area contributed by atoms with Crippen LogP contribution in [-0.2, 0) is 38.4 Å². The number of thioether (sulfide) groups is 1. The van der Waals surface area contributed by atoms with Gasteiger partial charge < -0.3 is 42.3 Å². The van der Waals surface area contributed by atoms with E-state index in [9.17, 15) is 43.5 Å². The zero-order chi connectivity index (χ0) is 55.6. The molecular weight excluding hydrogens is 1060 g/mol. The van der Waals surface area contributed by atoms with Crippen LogP contribution in [-0.4, -0.2) is 121 Å². The molecule has 23 heteroatoms. The molecule has 0 spiro atoms. The minimum Gasteiger partial charge on any atom is -0.391 e. The lowest BCUT2D eigenvalue weighted by molar-refractivity contribution is -0.144. The molecule has 2 aromatic carbocycles. The van der Waals surface area contributed by atoms with E-state index in [4.69, 9.17) is 17.3 Å². The maximum atomic E-state index is 14.5. The minimum atomic E-state index is -1.75. The number of aliphatic hydroxyl groups excluding tert-OH is 1. The molecule has 7 amide bonds. The third kappa shape index (κ3) is 12.7. The van der Waals surface area contributed by atoms with Crippen molar-refractivity contribution in [2.24, 2.45) is 17.1 Å². The number of aryl methyl sites for hydroxylation is 3. The Bertz CT molecular complexity index is 3160. The molecule has 19 nitrogen and oxygen atoms in total. The molecule has 3 aliphatic rings. The Kier molecular flexibility index (Phi) is 17.2. The van der Waals surface area contributed by atoms with Gasteiger partial charge in [-0.1, -0.05) is 74.8 Å². The number of hydrogen-bond acceptors (Lipinski definition) is 14. The number of fused-ring (bicyclic) bond motifs is 4. The van der Waals surface area contributed by atoms with E-state index in [1.165, 1.54) is 16.2 Å². The van der Waals surface area contributed by atoms with Crippen LogP contribution in [0, 0.1) is 39.0 Å². The lowest BCUT2D eigenvalue weighted by Crippen LogP contribution is -2.58. The fraction of sp³-hybridized carbons (Fsp3) is 0.407. The number of Topliss-reactive ketones (excluding diaryl/α,β-unsaturated/α-hetero) is 1. The zero-order valence-corrected chi connectivity index (χ0v) is 46.7. The van der Waals surface area contributed by atoms with E-state index in [-0.39, 0.29) is 30.9 Å². The summed E-state index contributed by atoms with van der Waals surface area (Å²) in [5.74, 6) is -7.47. The summed E-state index contributed by atoms with van der Waals surface area (Å²) in [6, 6.07) is 12.3. The first kappa shape index (κ1) is 56.5. The number of carbonyl (C=O) groups excluding carboxylic acids is 8. The molecule has 2 fully saturated rings. The first-order valence-electron chi connectivity index (χ1n) is 25.0. The van der Waals surface area contributed by atoms with Crippen LogP contribution in [0.25, 0.3) is 21.0 Å². The molecule has 5 aromatic rings. The minimum absolute atomic E-state index is 0.137. The smallest absolute Gasteiger partial charge is 0.247 e. The summed E-state index contributed by atoms with van der Waals surface area (Å²) < 4.78 is 1.91. The summed E-state index contributed by atoms with van der Waals surface area (Å²) in [4.78, 5) is 116. The molecule has 0 aliphatic carbocycles. The second kappa shape index (κ2) is 23.5. The largest absolute Gasteiger partial charge is 0.391 e. The molecule has 3 aliphatic heterocycles. The molecule has 8 N–H and O–H groups in total. The second-order valence-corrected chi connectivity index (χ2v) is 24.2. The van der Waals surface area contributed by atoms with Gasteiger partial charge in [-0.05, 0) is 90.1 Å². The van der Waals surface area contributed by atoms with E-state index in [0.29, 0.717) is 22.2 Å². The number of rotatable bonds is 7. The highest BCUT2D eigenvalue weighted by Gasteiger charge is 2.45. The molecule has 1 unspecified atom stereocenters. The van der Waals surface area contributed by atoms with Crippen LogP contribution < -0.4 is 32.3 Å². The van der Waals surface area contributed by atoms with Gasteiger partial charge >= 0.3 is 0 Å². The fourth-order valence-electron chi connectivity index (χ4n) is 9.68. The van der Waals surface area contributed by atoms with Crippen molar-refractivity contribution in [1.82, 2.24) is 46.2 Å². The van der Waals surface area contributed by atoms with Crippen molar-refractivity contribution in [1.29, 1.82) is 0 Å². The molecule has 8 rings (SSSR count). The highest BCUT2D eigenvalue weighted by atomic mass is 35.5. The lowest BCUT2D eigenvalue weighted by atomic mass is 9.85. The summed E-state index contributed by atoms with van der Waals surface area (Å²) in [7, 11) is 0. The van der Waals surface area contributed by atoms with Gasteiger partial charge in [-0.2, -0.15) is 11.8 Å². The van der Waals surface area contributed by atoms with Crippen LogP contribution in [0.5, 0.6) is 0 Å². The molecule has 7 atom stereocenters. The van der Waals surface area contributed by atoms with E-state index < -0.39 is 108 Å². The Morgan fingerprint density at radius 3 is 2.26 bits per heavy atom. The summed E-state index contributed by atoms with van der Waals surface area (Å²) in [6.45, 7) is 12.0. The van der Waals surface area contributed by atoms with Gasteiger partial charge in [0.25, 0.3) is 0 Å². The van der Waals surface area contributed by atoms with Crippen LogP contribution in [0.4, 0.5) is 0 Å². The molecule has 77 heavy (non-hydrogen) atoms. The van der Waals surface area contributed by atoms with E-state index in [1.807, 2.05) is 61.9 Å². The average molecular weight is 1130 g/mol. The number of nitrogens with one attached hydrogen (secondary N) is 5. The number of primary amides is 1. The van der Waals surface area contributed by atoms with Gasteiger partial charge in [0.2, 0.25) is 41.4 Å². The van der Waals surface area contributed by atoms with Crippen LogP contribution in [0.15, 0.2) is 66.1 Å². The lowest BCUT2D eigenvalue weighted by Gasteiger charge is -2.35. The number of carbonyl (C=O) groups is 8. The van der Waals surface area contributed by atoms with Crippen molar-refractivity contribution in [2.75, 3.05) is 24.6 Å². The second-order valence-electron chi connectivity index (χ2n) is 20.6. The summed E-state index contributed by atoms with van der Waals surface area (Å²) in [6.07, 6.45) is -1.97. The number of halogens is 1. The van der Waals surface area contributed by atoms with Crippen molar-refractivity contribution in [2.45, 2.75) is 104 Å². The monoisotopic (exact) mass is 1120 g/mol. The number of thiophene rings is 2. The molecule has 6 heterocycles. The zero-order valence-electron chi connectivity index (χ0n) is 43.5. The van der Waals surface area contributed by atoms with Gasteiger partial charge in [0, 0.05) is 57.8 Å². The van der Waals surface area contributed by atoms with Crippen LogP contribution in [0.1, 0.15) is 96.3 Å². The van der Waals surface area contributed by atoms with Gasteiger partial charge in [0.15, 0.2) is 11.9 Å². The summed E-state index contributed by atoms with van der Waals surface area (Å²) in [5.41, 5.74) is 10.7. The highest BCUT2D eigenvalue weighted by Crippen LogP contribution is 2.44.